The molecule has 1 atom stereocenters. The molecule has 0 spiro atoms. The van der Waals surface area contributed by atoms with E-state index in [4.69, 9.17) is 0 Å². The Bertz CT molecular complexity index is 436. The number of nitrogens with zero attached hydrogens (tertiary/aromatic N) is 2. The van der Waals surface area contributed by atoms with E-state index in [0.29, 0.717) is 6.54 Å². The van der Waals surface area contributed by atoms with Gasteiger partial charge in [0.25, 0.3) is 0 Å². The van der Waals surface area contributed by atoms with Crippen molar-refractivity contribution in [3.8, 4) is 0 Å². The van der Waals surface area contributed by atoms with E-state index in [9.17, 15) is 4.79 Å². The standard InChI is InChI=1S/C16H25N3O/c1-18(2)14-9-7-13(8-10-14)12-19(3)16(20)15-6-4-5-11-17-15/h7-10,15,17H,4-6,11-12H2,1-3H3/t15-/m0/s1. The van der Waals surface area contributed by atoms with Crippen molar-refractivity contribution in [3.05, 3.63) is 29.8 Å². The predicted molar refractivity (Wildman–Crippen MR) is 82.9 cm³/mol. The van der Waals surface area contributed by atoms with Gasteiger partial charge in [0.05, 0.1) is 6.04 Å². The fraction of sp³-hybridized carbons (Fsp3) is 0.562. The lowest BCUT2D eigenvalue weighted by Gasteiger charge is -2.27. The zero-order valence-electron chi connectivity index (χ0n) is 12.7. The third kappa shape index (κ3) is 3.73. The molecule has 4 heteroatoms. The summed E-state index contributed by atoms with van der Waals surface area (Å²) in [5.41, 5.74) is 2.35. The van der Waals surface area contributed by atoms with E-state index in [-0.39, 0.29) is 11.9 Å². The molecule has 0 aromatic heterocycles. The lowest BCUT2D eigenvalue weighted by atomic mass is 10.0. The Morgan fingerprint density at radius 1 is 1.20 bits per heavy atom. The molecule has 1 saturated heterocycles. The molecule has 0 unspecified atom stereocenters. The molecule has 0 radical (unpaired) electrons. The van der Waals surface area contributed by atoms with Crippen LogP contribution in [-0.2, 0) is 11.3 Å². The number of benzene rings is 1. The molecule has 1 N–H and O–H groups in total. The van der Waals surface area contributed by atoms with Crippen LogP contribution in [0.4, 0.5) is 5.69 Å². The zero-order chi connectivity index (χ0) is 14.5. The molecule has 1 aliphatic heterocycles. The van der Waals surface area contributed by atoms with Crippen LogP contribution >= 0.6 is 0 Å². The number of hydrogen-bond donors (Lipinski definition) is 1. The maximum Gasteiger partial charge on any atom is 0.239 e. The topological polar surface area (TPSA) is 35.6 Å². The third-order valence-electron chi connectivity index (χ3n) is 3.86. The SMILES string of the molecule is CN(Cc1ccc(N(C)C)cc1)C(=O)[C@@H]1CCCCN1. The highest BCUT2D eigenvalue weighted by molar-refractivity contribution is 5.81. The van der Waals surface area contributed by atoms with Gasteiger partial charge < -0.3 is 15.1 Å². The second-order valence-corrected chi connectivity index (χ2v) is 5.76. The summed E-state index contributed by atoms with van der Waals surface area (Å²) in [7, 11) is 5.94. The summed E-state index contributed by atoms with van der Waals surface area (Å²) in [5.74, 6) is 0.210. The number of anilines is 1. The van der Waals surface area contributed by atoms with Crippen molar-refractivity contribution < 1.29 is 4.79 Å². The van der Waals surface area contributed by atoms with Crippen molar-refractivity contribution in [2.45, 2.75) is 31.8 Å². The molecule has 0 aliphatic carbocycles. The molecule has 0 saturated carbocycles. The largest absolute Gasteiger partial charge is 0.378 e. The highest BCUT2D eigenvalue weighted by Crippen LogP contribution is 2.15. The summed E-state index contributed by atoms with van der Waals surface area (Å²) in [6.45, 7) is 1.63. The molecule has 1 heterocycles. The number of carbonyl (C=O) groups is 1. The van der Waals surface area contributed by atoms with Gasteiger partial charge in [0.2, 0.25) is 5.91 Å². The van der Waals surface area contributed by atoms with Gasteiger partial charge in [-0.15, -0.1) is 0 Å². The van der Waals surface area contributed by atoms with Crippen LogP contribution in [-0.4, -0.2) is 44.5 Å². The van der Waals surface area contributed by atoms with Crippen LogP contribution in [0.1, 0.15) is 24.8 Å². The Labute approximate surface area is 121 Å². The van der Waals surface area contributed by atoms with Gasteiger partial charge in [-0.1, -0.05) is 18.6 Å². The average Bonchev–Trinajstić information content (AvgIpc) is 2.48. The third-order valence-corrected chi connectivity index (χ3v) is 3.86. The van der Waals surface area contributed by atoms with Crippen molar-refractivity contribution in [2.24, 2.45) is 0 Å². The maximum atomic E-state index is 12.3. The van der Waals surface area contributed by atoms with Gasteiger partial charge in [-0.25, -0.2) is 0 Å². The Kier molecular flexibility index (Phi) is 5.01. The fourth-order valence-electron chi connectivity index (χ4n) is 2.58. The van der Waals surface area contributed by atoms with E-state index in [1.807, 2.05) is 26.0 Å². The Morgan fingerprint density at radius 3 is 2.45 bits per heavy atom. The molecule has 1 aromatic carbocycles. The number of rotatable bonds is 4. The van der Waals surface area contributed by atoms with Crippen LogP contribution in [0.3, 0.4) is 0 Å². The van der Waals surface area contributed by atoms with Crippen LogP contribution in [0.2, 0.25) is 0 Å². The van der Waals surface area contributed by atoms with Crippen LogP contribution in [0.5, 0.6) is 0 Å². The quantitative estimate of drug-likeness (QED) is 0.911. The van der Waals surface area contributed by atoms with Gasteiger partial charge in [-0.05, 0) is 37.1 Å². The molecule has 1 aliphatic rings. The Morgan fingerprint density at radius 2 is 1.90 bits per heavy atom. The molecule has 1 amide bonds. The summed E-state index contributed by atoms with van der Waals surface area (Å²) in [6.07, 6.45) is 3.29. The molecule has 110 valence electrons. The highest BCUT2D eigenvalue weighted by atomic mass is 16.2. The Balaban J connectivity index is 1.92. The summed E-state index contributed by atoms with van der Waals surface area (Å²) in [5, 5.41) is 3.31. The zero-order valence-corrected chi connectivity index (χ0v) is 12.7. The summed E-state index contributed by atoms with van der Waals surface area (Å²) >= 11 is 0. The van der Waals surface area contributed by atoms with Gasteiger partial charge in [-0.2, -0.15) is 0 Å². The summed E-state index contributed by atoms with van der Waals surface area (Å²) in [4.78, 5) is 16.2. The first-order valence-electron chi connectivity index (χ1n) is 7.32. The van der Waals surface area contributed by atoms with Crippen molar-refractivity contribution in [3.63, 3.8) is 0 Å². The second kappa shape index (κ2) is 6.75. The first-order chi connectivity index (χ1) is 9.58. The number of carbonyl (C=O) groups excluding carboxylic acids is 1. The normalized spacial score (nSPS) is 18.6. The van der Waals surface area contributed by atoms with E-state index in [1.165, 1.54) is 17.7 Å². The van der Waals surface area contributed by atoms with E-state index < -0.39 is 0 Å². The minimum Gasteiger partial charge on any atom is -0.378 e. The first kappa shape index (κ1) is 14.9. The molecule has 1 fully saturated rings. The van der Waals surface area contributed by atoms with Gasteiger partial charge in [0, 0.05) is 33.4 Å². The van der Waals surface area contributed by atoms with Gasteiger partial charge in [-0.3, -0.25) is 4.79 Å². The molecule has 4 nitrogen and oxygen atoms in total. The molecule has 20 heavy (non-hydrogen) atoms. The average molecular weight is 275 g/mol. The Hall–Kier alpha value is -1.55. The van der Waals surface area contributed by atoms with Crippen molar-refractivity contribution in [1.82, 2.24) is 10.2 Å². The second-order valence-electron chi connectivity index (χ2n) is 5.76. The van der Waals surface area contributed by atoms with Gasteiger partial charge >= 0.3 is 0 Å². The van der Waals surface area contributed by atoms with Crippen LogP contribution in [0, 0.1) is 0 Å². The van der Waals surface area contributed by atoms with Crippen molar-refractivity contribution in [1.29, 1.82) is 0 Å². The molecular formula is C16H25N3O. The summed E-state index contributed by atoms with van der Waals surface area (Å²) < 4.78 is 0. The number of piperidine rings is 1. The number of hydrogen-bond acceptors (Lipinski definition) is 3. The maximum absolute atomic E-state index is 12.3. The van der Waals surface area contributed by atoms with E-state index in [0.717, 1.165) is 19.4 Å². The lowest BCUT2D eigenvalue weighted by Crippen LogP contribution is -2.46. The van der Waals surface area contributed by atoms with E-state index >= 15 is 0 Å². The predicted octanol–water partition coefficient (Wildman–Crippen LogP) is 1.85. The molecule has 2 rings (SSSR count). The summed E-state index contributed by atoms with van der Waals surface area (Å²) in [6, 6.07) is 8.37. The monoisotopic (exact) mass is 275 g/mol. The minimum atomic E-state index is 0.00907. The molecule has 0 bridgehead atoms. The van der Waals surface area contributed by atoms with Crippen LogP contribution in [0.25, 0.3) is 0 Å². The first-order valence-corrected chi connectivity index (χ1v) is 7.32. The fourth-order valence-corrected chi connectivity index (χ4v) is 2.58. The lowest BCUT2D eigenvalue weighted by molar-refractivity contribution is -0.133. The molecule has 1 aromatic rings. The van der Waals surface area contributed by atoms with Crippen molar-refractivity contribution >= 4 is 11.6 Å². The molecular weight excluding hydrogens is 250 g/mol. The minimum absolute atomic E-state index is 0.00907. The van der Waals surface area contributed by atoms with Gasteiger partial charge in [0.1, 0.15) is 0 Å². The van der Waals surface area contributed by atoms with Gasteiger partial charge in [0.15, 0.2) is 0 Å². The van der Waals surface area contributed by atoms with Crippen LogP contribution < -0.4 is 10.2 Å². The van der Waals surface area contributed by atoms with E-state index in [1.54, 1.807) is 0 Å². The van der Waals surface area contributed by atoms with Crippen LogP contribution in [0.15, 0.2) is 24.3 Å². The highest BCUT2D eigenvalue weighted by Gasteiger charge is 2.23. The number of nitrogens with one attached hydrogen (secondary N) is 1. The number of likely N-dealkylation sites (N-methyl/N-ethyl adjacent to an activating group) is 1. The number of amides is 1. The smallest absolute Gasteiger partial charge is 0.239 e. The van der Waals surface area contributed by atoms with E-state index in [2.05, 4.69) is 34.5 Å². The van der Waals surface area contributed by atoms with Crippen molar-refractivity contribution in [2.75, 3.05) is 32.6 Å².